The molecule has 8 nitrogen and oxygen atoms in total. The van der Waals surface area contributed by atoms with Crippen LogP contribution in [0.5, 0.6) is 5.75 Å². The molecule has 1 unspecified atom stereocenters. The molecule has 2 N–H and O–H groups in total. The van der Waals surface area contributed by atoms with Crippen molar-refractivity contribution in [1.82, 2.24) is 0 Å². The minimum Gasteiger partial charge on any atom is -0.479 e. The third-order valence-electron chi connectivity index (χ3n) is 3.07. The smallest absolute Gasteiger partial charge is 0.374 e. The number of nitrogens with zero attached hydrogens (tertiary/aromatic N) is 2. The van der Waals surface area contributed by atoms with Crippen molar-refractivity contribution in [2.75, 3.05) is 0 Å². The Bertz CT molecular complexity index is 790. The lowest BCUT2D eigenvalue weighted by Crippen LogP contribution is -2.26. The number of nitro groups is 1. The van der Waals surface area contributed by atoms with E-state index in [-0.39, 0.29) is 11.5 Å². The first kappa shape index (κ1) is 18.4. The molecule has 0 aliphatic heterocycles. The minimum atomic E-state index is -0.894. The average Bonchev–Trinajstić information content (AvgIpc) is 2.61. The van der Waals surface area contributed by atoms with E-state index in [1.807, 2.05) is 0 Å². The quantitative estimate of drug-likeness (QED) is 0.258. The third kappa shape index (κ3) is 5.28. The number of ether oxygens (including phenoxy) is 1. The fraction of sp³-hybridized carbons (Fsp3) is 0.125. The lowest BCUT2D eigenvalue weighted by atomic mass is 10.2. The molecule has 1 atom stereocenters. The molecule has 0 heterocycles. The molecular weight excluding hydrogens is 394 g/mol. The predicted octanol–water partition coefficient (Wildman–Crippen LogP) is 2.99. The van der Waals surface area contributed by atoms with Crippen LogP contribution in [0.2, 0.25) is 0 Å². The van der Waals surface area contributed by atoms with Crippen LogP contribution in [0.1, 0.15) is 12.5 Å². The summed E-state index contributed by atoms with van der Waals surface area (Å²) in [7, 11) is 0. The number of hydrogen-bond donors (Lipinski definition) is 1. The largest absolute Gasteiger partial charge is 0.479 e. The number of non-ortho nitro benzene ring substituents is 1. The number of amidine groups is 1. The Morgan fingerprint density at radius 1 is 1.20 bits per heavy atom. The number of nitrogens with two attached hydrogens (primary N) is 1. The fourth-order valence-corrected chi connectivity index (χ4v) is 2.00. The van der Waals surface area contributed by atoms with Crippen molar-refractivity contribution in [3.63, 3.8) is 0 Å². The lowest BCUT2D eigenvalue weighted by Gasteiger charge is -2.11. The molecule has 25 heavy (non-hydrogen) atoms. The molecule has 0 radical (unpaired) electrons. The summed E-state index contributed by atoms with van der Waals surface area (Å²) >= 11 is 3.30. The Morgan fingerprint density at radius 2 is 1.80 bits per heavy atom. The highest BCUT2D eigenvalue weighted by molar-refractivity contribution is 9.10. The second-order valence-electron chi connectivity index (χ2n) is 4.90. The predicted molar refractivity (Wildman–Crippen MR) is 94.1 cm³/mol. The number of rotatable bonds is 6. The van der Waals surface area contributed by atoms with Gasteiger partial charge in [-0.05, 0) is 43.3 Å². The molecule has 9 heteroatoms. The Kier molecular flexibility index (Phi) is 6.07. The van der Waals surface area contributed by atoms with Crippen LogP contribution in [0, 0.1) is 10.1 Å². The molecule has 2 aromatic carbocycles. The first-order valence-electron chi connectivity index (χ1n) is 7.08. The molecule has 0 spiro atoms. The summed E-state index contributed by atoms with van der Waals surface area (Å²) in [4.78, 5) is 26.7. The van der Waals surface area contributed by atoms with E-state index in [4.69, 9.17) is 15.3 Å². The molecular formula is C16H14BrN3O5. The molecule has 0 bridgehead atoms. The van der Waals surface area contributed by atoms with Gasteiger partial charge in [-0.15, -0.1) is 0 Å². The van der Waals surface area contributed by atoms with Crippen LogP contribution in [-0.2, 0) is 9.63 Å². The average molecular weight is 408 g/mol. The summed E-state index contributed by atoms with van der Waals surface area (Å²) in [6.07, 6.45) is -0.894. The van der Waals surface area contributed by atoms with Gasteiger partial charge in [0, 0.05) is 22.2 Å². The maximum Gasteiger partial charge on any atom is 0.374 e. The molecule has 0 amide bonds. The van der Waals surface area contributed by atoms with Gasteiger partial charge < -0.3 is 15.3 Å². The molecule has 0 saturated carbocycles. The number of carbonyl (C=O) groups is 1. The highest BCUT2D eigenvalue weighted by atomic mass is 79.9. The van der Waals surface area contributed by atoms with Crippen molar-refractivity contribution in [2.24, 2.45) is 10.9 Å². The zero-order valence-electron chi connectivity index (χ0n) is 13.1. The Labute approximate surface area is 151 Å². The van der Waals surface area contributed by atoms with Crippen molar-refractivity contribution < 1.29 is 19.3 Å². The third-order valence-corrected chi connectivity index (χ3v) is 3.59. The van der Waals surface area contributed by atoms with Gasteiger partial charge in [0.1, 0.15) is 5.75 Å². The van der Waals surface area contributed by atoms with Gasteiger partial charge in [0.25, 0.3) is 5.69 Å². The molecule has 0 aliphatic carbocycles. The summed E-state index contributed by atoms with van der Waals surface area (Å²) < 4.78 is 6.32. The molecule has 0 fully saturated rings. The minimum absolute atomic E-state index is 0.0786. The van der Waals surface area contributed by atoms with Crippen molar-refractivity contribution >= 4 is 33.4 Å². The monoisotopic (exact) mass is 407 g/mol. The van der Waals surface area contributed by atoms with E-state index in [0.29, 0.717) is 11.3 Å². The van der Waals surface area contributed by atoms with Gasteiger partial charge in [-0.1, -0.05) is 21.1 Å². The first-order chi connectivity index (χ1) is 11.9. The van der Waals surface area contributed by atoms with Crippen LogP contribution in [0.4, 0.5) is 5.69 Å². The van der Waals surface area contributed by atoms with E-state index in [1.54, 1.807) is 24.3 Å². The van der Waals surface area contributed by atoms with E-state index in [1.165, 1.54) is 31.2 Å². The second-order valence-corrected chi connectivity index (χ2v) is 5.82. The Morgan fingerprint density at radius 3 is 2.36 bits per heavy atom. The SMILES string of the molecule is CC(Oc1ccc(Br)cc1)C(=O)ON=C(N)c1ccc([N+](=O)[O-])cc1. The van der Waals surface area contributed by atoms with Crippen LogP contribution < -0.4 is 10.5 Å². The highest BCUT2D eigenvalue weighted by Crippen LogP contribution is 2.17. The summed E-state index contributed by atoms with van der Waals surface area (Å²) in [5, 5.41) is 14.1. The number of oxime groups is 1. The summed E-state index contributed by atoms with van der Waals surface area (Å²) in [6.45, 7) is 1.52. The van der Waals surface area contributed by atoms with Gasteiger partial charge in [-0.3, -0.25) is 10.1 Å². The van der Waals surface area contributed by atoms with E-state index in [0.717, 1.165) is 4.47 Å². The molecule has 0 aliphatic rings. The van der Waals surface area contributed by atoms with Crippen molar-refractivity contribution in [3.05, 3.63) is 68.7 Å². The molecule has 2 rings (SSSR count). The van der Waals surface area contributed by atoms with Gasteiger partial charge in [-0.2, -0.15) is 0 Å². The molecule has 130 valence electrons. The van der Waals surface area contributed by atoms with Gasteiger partial charge in [0.15, 0.2) is 11.9 Å². The maximum absolute atomic E-state index is 11.9. The van der Waals surface area contributed by atoms with Crippen molar-refractivity contribution in [1.29, 1.82) is 0 Å². The zero-order chi connectivity index (χ0) is 18.4. The topological polar surface area (TPSA) is 117 Å². The molecule has 0 aromatic heterocycles. The van der Waals surface area contributed by atoms with Crippen LogP contribution in [-0.4, -0.2) is 22.8 Å². The van der Waals surface area contributed by atoms with Crippen molar-refractivity contribution in [3.8, 4) is 5.75 Å². The number of halogens is 1. The van der Waals surface area contributed by atoms with Crippen LogP contribution in [0.25, 0.3) is 0 Å². The van der Waals surface area contributed by atoms with Gasteiger partial charge in [0.2, 0.25) is 0 Å². The molecule has 2 aromatic rings. The van der Waals surface area contributed by atoms with E-state index >= 15 is 0 Å². The Balaban J connectivity index is 1.95. The number of benzene rings is 2. The Hall–Kier alpha value is -2.94. The fourth-order valence-electron chi connectivity index (χ4n) is 1.74. The number of nitro benzene ring substituents is 1. The summed E-state index contributed by atoms with van der Waals surface area (Å²) in [5.74, 6) is -0.313. The van der Waals surface area contributed by atoms with Crippen molar-refractivity contribution in [2.45, 2.75) is 13.0 Å². The zero-order valence-corrected chi connectivity index (χ0v) is 14.7. The number of carbonyl (C=O) groups excluding carboxylic acids is 1. The van der Waals surface area contributed by atoms with Gasteiger partial charge >= 0.3 is 5.97 Å². The second kappa shape index (κ2) is 8.25. The highest BCUT2D eigenvalue weighted by Gasteiger charge is 2.17. The van der Waals surface area contributed by atoms with E-state index in [2.05, 4.69) is 21.1 Å². The van der Waals surface area contributed by atoms with Crippen LogP contribution in [0.15, 0.2) is 58.2 Å². The maximum atomic E-state index is 11.9. The van der Waals surface area contributed by atoms with Crippen LogP contribution in [0.3, 0.4) is 0 Å². The lowest BCUT2D eigenvalue weighted by molar-refractivity contribution is -0.384. The van der Waals surface area contributed by atoms with Gasteiger partial charge in [-0.25, -0.2) is 4.79 Å². The summed E-state index contributed by atoms with van der Waals surface area (Å²) in [5.41, 5.74) is 6.01. The number of hydrogen-bond acceptors (Lipinski definition) is 6. The van der Waals surface area contributed by atoms with Crippen LogP contribution >= 0.6 is 15.9 Å². The molecule has 0 saturated heterocycles. The first-order valence-corrected chi connectivity index (χ1v) is 7.87. The summed E-state index contributed by atoms with van der Waals surface area (Å²) in [6, 6.07) is 12.3. The van der Waals surface area contributed by atoms with E-state index in [9.17, 15) is 14.9 Å². The normalized spacial score (nSPS) is 12.3. The van der Waals surface area contributed by atoms with E-state index < -0.39 is 17.0 Å². The van der Waals surface area contributed by atoms with Gasteiger partial charge in [0.05, 0.1) is 4.92 Å². The standard InChI is InChI=1S/C16H14BrN3O5/c1-10(24-14-8-4-12(17)5-9-14)16(21)25-19-15(18)11-2-6-13(7-3-11)20(22)23/h2-10H,1H3,(H2,18,19).